The van der Waals surface area contributed by atoms with Crippen LogP contribution in [-0.4, -0.2) is 25.2 Å². The van der Waals surface area contributed by atoms with Gasteiger partial charge in [-0.2, -0.15) is 0 Å². The number of hydrogen-bond acceptors (Lipinski definition) is 3. The van der Waals surface area contributed by atoms with Crippen LogP contribution in [0.15, 0.2) is 18.2 Å². The van der Waals surface area contributed by atoms with Crippen LogP contribution < -0.4 is 10.6 Å². The molecule has 0 amide bonds. The lowest BCUT2D eigenvalue weighted by Crippen LogP contribution is -2.19. The number of anilines is 1. The van der Waals surface area contributed by atoms with Gasteiger partial charge in [0.05, 0.1) is 5.69 Å². The van der Waals surface area contributed by atoms with Gasteiger partial charge < -0.3 is 15.7 Å². The van der Waals surface area contributed by atoms with Crippen molar-refractivity contribution in [2.75, 3.05) is 19.0 Å². The molecular weight excluding hydrogens is 223 g/mol. The molecule has 1 rings (SSSR count). The van der Waals surface area contributed by atoms with E-state index in [4.69, 9.17) is 10.8 Å². The van der Waals surface area contributed by atoms with E-state index >= 15 is 0 Å². The lowest BCUT2D eigenvalue weighted by Gasteiger charge is -2.21. The molecule has 0 aromatic heterocycles. The minimum absolute atomic E-state index is 0.0233. The van der Waals surface area contributed by atoms with E-state index in [9.17, 15) is 9.18 Å². The number of carboxylic acids is 1. The number of rotatable bonds is 5. The molecule has 0 saturated heterocycles. The summed E-state index contributed by atoms with van der Waals surface area (Å²) in [7, 11) is 3.46. The lowest BCUT2D eigenvalue weighted by atomic mass is 10.00. The van der Waals surface area contributed by atoms with Crippen molar-refractivity contribution in [2.45, 2.75) is 18.9 Å². The number of benzene rings is 1. The predicted molar refractivity (Wildman–Crippen MR) is 64.5 cm³/mol. The smallest absolute Gasteiger partial charge is 0.303 e. The maximum Gasteiger partial charge on any atom is 0.303 e. The normalized spacial score (nSPS) is 12.2. The minimum atomic E-state index is -0.900. The van der Waals surface area contributed by atoms with Gasteiger partial charge in [0, 0.05) is 26.6 Å². The van der Waals surface area contributed by atoms with E-state index in [1.807, 2.05) is 0 Å². The second-order valence-electron chi connectivity index (χ2n) is 4.11. The lowest BCUT2D eigenvalue weighted by molar-refractivity contribution is -0.137. The third-order valence-electron chi connectivity index (χ3n) is 2.53. The summed E-state index contributed by atoms with van der Waals surface area (Å²) in [5.74, 6) is -1.25. The van der Waals surface area contributed by atoms with Crippen molar-refractivity contribution in [1.82, 2.24) is 0 Å². The highest BCUT2D eigenvalue weighted by atomic mass is 19.1. The van der Waals surface area contributed by atoms with Crippen LogP contribution in [-0.2, 0) is 4.79 Å². The van der Waals surface area contributed by atoms with Crippen LogP contribution in [0.2, 0.25) is 0 Å². The van der Waals surface area contributed by atoms with Crippen molar-refractivity contribution in [2.24, 2.45) is 5.73 Å². The molecule has 1 aromatic carbocycles. The Balaban J connectivity index is 2.96. The van der Waals surface area contributed by atoms with Crippen molar-refractivity contribution in [3.05, 3.63) is 29.6 Å². The number of hydrogen-bond donors (Lipinski definition) is 2. The topological polar surface area (TPSA) is 66.6 Å². The Morgan fingerprint density at radius 1 is 1.53 bits per heavy atom. The van der Waals surface area contributed by atoms with Gasteiger partial charge in [0.15, 0.2) is 0 Å². The van der Waals surface area contributed by atoms with Crippen molar-refractivity contribution < 1.29 is 14.3 Å². The van der Waals surface area contributed by atoms with E-state index in [0.717, 1.165) is 0 Å². The van der Waals surface area contributed by atoms with Gasteiger partial charge in [-0.15, -0.1) is 0 Å². The van der Waals surface area contributed by atoms with Gasteiger partial charge in [-0.3, -0.25) is 4.79 Å². The van der Waals surface area contributed by atoms with E-state index < -0.39 is 12.0 Å². The molecular formula is C12H17FN2O2. The molecule has 0 aliphatic rings. The molecule has 94 valence electrons. The number of nitrogens with two attached hydrogens (primary N) is 1. The molecule has 0 aliphatic carbocycles. The first-order valence-electron chi connectivity index (χ1n) is 5.36. The number of carbonyl (C=O) groups is 1. The molecule has 1 atom stereocenters. The van der Waals surface area contributed by atoms with Crippen molar-refractivity contribution in [3.8, 4) is 0 Å². The van der Waals surface area contributed by atoms with E-state index in [1.165, 1.54) is 6.07 Å². The van der Waals surface area contributed by atoms with Gasteiger partial charge in [0.2, 0.25) is 0 Å². The molecule has 1 aromatic rings. The number of nitrogens with zero attached hydrogens (tertiary/aromatic N) is 1. The summed E-state index contributed by atoms with van der Waals surface area (Å²) in [6.45, 7) is 0. The van der Waals surface area contributed by atoms with Crippen molar-refractivity contribution in [1.29, 1.82) is 0 Å². The SMILES string of the molecule is CN(C)c1c(F)cccc1C(N)CCC(=O)O. The Bertz CT molecular complexity index is 407. The first kappa shape index (κ1) is 13.4. The molecule has 3 N–H and O–H groups in total. The molecule has 0 aliphatic heterocycles. The summed E-state index contributed by atoms with van der Waals surface area (Å²) in [6, 6.07) is 4.20. The number of para-hydroxylation sites is 1. The third kappa shape index (κ3) is 3.42. The quantitative estimate of drug-likeness (QED) is 0.823. The van der Waals surface area contributed by atoms with Crippen LogP contribution in [0.25, 0.3) is 0 Å². The Labute approximate surface area is 99.8 Å². The fourth-order valence-corrected chi connectivity index (χ4v) is 1.74. The Hall–Kier alpha value is -1.62. The summed E-state index contributed by atoms with van der Waals surface area (Å²) in [5, 5.41) is 8.60. The second kappa shape index (κ2) is 5.63. The first-order valence-corrected chi connectivity index (χ1v) is 5.36. The maximum absolute atomic E-state index is 13.6. The van der Waals surface area contributed by atoms with Gasteiger partial charge in [-0.1, -0.05) is 12.1 Å². The molecule has 0 saturated carbocycles. The average Bonchev–Trinajstić information content (AvgIpc) is 2.24. The van der Waals surface area contributed by atoms with Crippen LogP contribution in [0.3, 0.4) is 0 Å². The standard InChI is InChI=1S/C12H17FN2O2/c1-15(2)12-8(4-3-5-9(12)13)10(14)6-7-11(16)17/h3-5,10H,6-7,14H2,1-2H3,(H,16,17). The van der Waals surface area contributed by atoms with Gasteiger partial charge in [-0.25, -0.2) is 4.39 Å². The minimum Gasteiger partial charge on any atom is -0.481 e. The van der Waals surface area contributed by atoms with Crippen LogP contribution in [0.4, 0.5) is 10.1 Å². The van der Waals surface area contributed by atoms with Crippen LogP contribution in [0.1, 0.15) is 24.4 Å². The Kier molecular flexibility index (Phi) is 4.45. The molecule has 0 bridgehead atoms. The average molecular weight is 240 g/mol. The summed E-state index contributed by atoms with van der Waals surface area (Å²) >= 11 is 0. The summed E-state index contributed by atoms with van der Waals surface area (Å²) in [5.41, 5.74) is 6.95. The Morgan fingerprint density at radius 2 is 2.18 bits per heavy atom. The number of carboxylic acid groups (broad SMARTS) is 1. The fraction of sp³-hybridized carbons (Fsp3) is 0.417. The zero-order valence-electron chi connectivity index (χ0n) is 9.98. The largest absolute Gasteiger partial charge is 0.481 e. The van der Waals surface area contributed by atoms with Crippen molar-refractivity contribution in [3.63, 3.8) is 0 Å². The van der Waals surface area contributed by atoms with Crippen LogP contribution >= 0.6 is 0 Å². The molecule has 0 fully saturated rings. The predicted octanol–water partition coefficient (Wildman–Crippen LogP) is 1.76. The molecule has 5 heteroatoms. The van der Waals surface area contributed by atoms with Crippen molar-refractivity contribution >= 4 is 11.7 Å². The van der Waals surface area contributed by atoms with E-state index in [1.54, 1.807) is 31.1 Å². The highest BCUT2D eigenvalue weighted by Gasteiger charge is 2.16. The van der Waals surface area contributed by atoms with E-state index in [0.29, 0.717) is 17.7 Å². The number of halogens is 1. The van der Waals surface area contributed by atoms with Gasteiger partial charge in [-0.05, 0) is 18.1 Å². The Morgan fingerprint density at radius 3 is 2.71 bits per heavy atom. The highest BCUT2D eigenvalue weighted by Crippen LogP contribution is 2.28. The second-order valence-corrected chi connectivity index (χ2v) is 4.11. The van der Waals surface area contributed by atoms with Crippen LogP contribution in [0.5, 0.6) is 0 Å². The summed E-state index contributed by atoms with van der Waals surface area (Å²) < 4.78 is 13.6. The zero-order valence-corrected chi connectivity index (χ0v) is 9.98. The van der Waals surface area contributed by atoms with Gasteiger partial charge in [0.25, 0.3) is 0 Å². The third-order valence-corrected chi connectivity index (χ3v) is 2.53. The molecule has 1 unspecified atom stereocenters. The molecule has 4 nitrogen and oxygen atoms in total. The van der Waals surface area contributed by atoms with Gasteiger partial charge in [0.1, 0.15) is 5.82 Å². The van der Waals surface area contributed by atoms with Crippen LogP contribution in [0, 0.1) is 5.82 Å². The highest BCUT2D eigenvalue weighted by molar-refractivity contribution is 5.67. The number of aliphatic carboxylic acids is 1. The zero-order chi connectivity index (χ0) is 13.0. The molecule has 0 radical (unpaired) electrons. The first-order chi connectivity index (χ1) is 7.93. The molecule has 17 heavy (non-hydrogen) atoms. The fourth-order valence-electron chi connectivity index (χ4n) is 1.74. The monoisotopic (exact) mass is 240 g/mol. The maximum atomic E-state index is 13.6. The van der Waals surface area contributed by atoms with E-state index in [2.05, 4.69) is 0 Å². The van der Waals surface area contributed by atoms with Gasteiger partial charge >= 0.3 is 5.97 Å². The molecule has 0 heterocycles. The van der Waals surface area contributed by atoms with E-state index in [-0.39, 0.29) is 12.2 Å². The molecule has 0 spiro atoms. The summed E-state index contributed by atoms with van der Waals surface area (Å²) in [6.07, 6.45) is 0.268. The summed E-state index contributed by atoms with van der Waals surface area (Å²) in [4.78, 5) is 12.1.